The van der Waals surface area contributed by atoms with E-state index < -0.39 is 0 Å². The average molecular weight is 262 g/mol. The van der Waals surface area contributed by atoms with Crippen LogP contribution in [0, 0.1) is 5.92 Å². The van der Waals surface area contributed by atoms with Crippen LogP contribution in [0.5, 0.6) is 0 Å². The molecule has 106 valence electrons. The lowest BCUT2D eigenvalue weighted by Crippen LogP contribution is -2.24. The van der Waals surface area contributed by atoms with E-state index in [0.717, 1.165) is 37.1 Å². The summed E-state index contributed by atoms with van der Waals surface area (Å²) in [7, 11) is 2.15. The molecule has 1 saturated carbocycles. The van der Waals surface area contributed by atoms with Crippen molar-refractivity contribution < 1.29 is 0 Å². The summed E-state index contributed by atoms with van der Waals surface area (Å²) >= 11 is 0. The first-order valence-corrected chi connectivity index (χ1v) is 7.43. The van der Waals surface area contributed by atoms with Crippen LogP contribution in [-0.4, -0.2) is 30.1 Å². The van der Waals surface area contributed by atoms with E-state index in [-0.39, 0.29) is 0 Å². The zero-order valence-electron chi connectivity index (χ0n) is 12.6. The maximum atomic E-state index is 4.52. The predicted octanol–water partition coefficient (Wildman–Crippen LogP) is 3.27. The van der Waals surface area contributed by atoms with Gasteiger partial charge in [0, 0.05) is 25.7 Å². The summed E-state index contributed by atoms with van der Waals surface area (Å²) in [5, 5.41) is 3.43. The molecule has 1 heterocycles. The lowest BCUT2D eigenvalue weighted by Gasteiger charge is -2.24. The molecule has 0 aliphatic heterocycles. The Kier molecular flexibility index (Phi) is 4.61. The monoisotopic (exact) mass is 262 g/mol. The predicted molar refractivity (Wildman–Crippen MR) is 80.9 cm³/mol. The third-order valence-corrected chi connectivity index (χ3v) is 3.57. The van der Waals surface area contributed by atoms with Crippen molar-refractivity contribution >= 4 is 11.6 Å². The minimum Gasteiger partial charge on any atom is -0.370 e. The van der Waals surface area contributed by atoms with Gasteiger partial charge in [0.15, 0.2) is 0 Å². The van der Waals surface area contributed by atoms with Crippen molar-refractivity contribution in [3.8, 4) is 0 Å². The zero-order valence-corrected chi connectivity index (χ0v) is 12.6. The van der Waals surface area contributed by atoms with Crippen molar-refractivity contribution in [2.24, 2.45) is 5.92 Å². The number of hydrogen-bond acceptors (Lipinski definition) is 4. The van der Waals surface area contributed by atoms with Gasteiger partial charge in [-0.15, -0.1) is 0 Å². The van der Waals surface area contributed by atoms with Crippen LogP contribution in [0.1, 0.15) is 51.5 Å². The summed E-state index contributed by atoms with van der Waals surface area (Å²) in [6, 6.07) is 0. The van der Waals surface area contributed by atoms with Crippen LogP contribution < -0.4 is 10.2 Å². The smallest absolute Gasteiger partial charge is 0.137 e. The average Bonchev–Trinajstić information content (AvgIpc) is 3.19. The third-order valence-electron chi connectivity index (χ3n) is 3.57. The highest BCUT2D eigenvalue weighted by Gasteiger charge is 2.25. The summed E-state index contributed by atoms with van der Waals surface area (Å²) in [4.78, 5) is 11.2. The summed E-state index contributed by atoms with van der Waals surface area (Å²) in [6.45, 7) is 8.67. The molecule has 19 heavy (non-hydrogen) atoms. The zero-order chi connectivity index (χ0) is 13.8. The minimum absolute atomic E-state index is 0.428. The van der Waals surface area contributed by atoms with Gasteiger partial charge in [-0.25, -0.2) is 9.97 Å². The molecule has 1 aromatic rings. The Hall–Kier alpha value is -1.32. The molecular formula is C15H26N4. The van der Waals surface area contributed by atoms with E-state index in [9.17, 15) is 0 Å². The molecule has 0 saturated heterocycles. The molecule has 0 aromatic carbocycles. The molecule has 4 nitrogen and oxygen atoms in total. The van der Waals surface area contributed by atoms with E-state index in [1.54, 1.807) is 6.33 Å². The largest absolute Gasteiger partial charge is 0.370 e. The van der Waals surface area contributed by atoms with Crippen molar-refractivity contribution in [1.29, 1.82) is 0 Å². The molecule has 1 aliphatic carbocycles. The number of nitrogens with zero attached hydrogens (tertiary/aromatic N) is 3. The number of aromatic nitrogens is 2. The fourth-order valence-corrected chi connectivity index (χ4v) is 2.38. The summed E-state index contributed by atoms with van der Waals surface area (Å²) in [6.07, 6.45) is 5.53. The van der Waals surface area contributed by atoms with Crippen LogP contribution >= 0.6 is 0 Å². The standard InChI is InChI=1S/C15H26N4/c1-5-8-16-14-13(11(2)3)15(18-10-17-14)19(4)9-12-6-7-12/h10-12H,5-9H2,1-4H3,(H,16,17,18). The molecule has 4 heteroatoms. The van der Waals surface area contributed by atoms with Gasteiger partial charge in [0.1, 0.15) is 18.0 Å². The van der Waals surface area contributed by atoms with Crippen LogP contribution in [0.2, 0.25) is 0 Å². The molecule has 0 unspecified atom stereocenters. The van der Waals surface area contributed by atoms with Crippen LogP contribution in [-0.2, 0) is 0 Å². The molecule has 0 bridgehead atoms. The first-order chi connectivity index (χ1) is 9.13. The van der Waals surface area contributed by atoms with Gasteiger partial charge in [-0.2, -0.15) is 0 Å². The fraction of sp³-hybridized carbons (Fsp3) is 0.733. The van der Waals surface area contributed by atoms with E-state index in [1.807, 2.05) is 0 Å². The Morgan fingerprint density at radius 2 is 2.11 bits per heavy atom. The van der Waals surface area contributed by atoms with Crippen LogP contribution in [0.4, 0.5) is 11.6 Å². The lowest BCUT2D eigenvalue weighted by molar-refractivity contribution is 0.754. The van der Waals surface area contributed by atoms with Crippen molar-refractivity contribution in [1.82, 2.24) is 9.97 Å². The summed E-state index contributed by atoms with van der Waals surface area (Å²) in [5.41, 5.74) is 1.25. The van der Waals surface area contributed by atoms with Gasteiger partial charge in [-0.05, 0) is 31.1 Å². The van der Waals surface area contributed by atoms with Gasteiger partial charge >= 0.3 is 0 Å². The van der Waals surface area contributed by atoms with E-state index >= 15 is 0 Å². The molecule has 0 spiro atoms. The van der Waals surface area contributed by atoms with Crippen molar-refractivity contribution in [2.75, 3.05) is 30.4 Å². The Morgan fingerprint density at radius 1 is 1.37 bits per heavy atom. The Morgan fingerprint density at radius 3 is 2.68 bits per heavy atom. The second-order valence-corrected chi connectivity index (χ2v) is 5.86. The number of hydrogen-bond donors (Lipinski definition) is 1. The van der Waals surface area contributed by atoms with E-state index in [0.29, 0.717) is 5.92 Å². The second kappa shape index (κ2) is 6.22. The normalized spacial score (nSPS) is 14.8. The maximum Gasteiger partial charge on any atom is 0.137 e. The Bertz CT molecular complexity index is 413. The molecule has 1 aliphatic rings. The van der Waals surface area contributed by atoms with Gasteiger partial charge in [0.25, 0.3) is 0 Å². The molecular weight excluding hydrogens is 236 g/mol. The van der Waals surface area contributed by atoms with Gasteiger partial charge < -0.3 is 10.2 Å². The Labute approximate surface area is 116 Å². The van der Waals surface area contributed by atoms with Crippen LogP contribution in [0.25, 0.3) is 0 Å². The highest BCUT2D eigenvalue weighted by Crippen LogP contribution is 2.34. The molecule has 1 aromatic heterocycles. The van der Waals surface area contributed by atoms with Crippen molar-refractivity contribution in [3.05, 3.63) is 11.9 Å². The summed E-state index contributed by atoms with van der Waals surface area (Å²) in [5.74, 6) is 3.39. The third kappa shape index (κ3) is 3.58. The highest BCUT2D eigenvalue weighted by molar-refractivity contribution is 5.60. The molecule has 2 rings (SSSR count). The topological polar surface area (TPSA) is 41.1 Å². The number of anilines is 2. The maximum absolute atomic E-state index is 4.52. The number of nitrogens with one attached hydrogen (secondary N) is 1. The van der Waals surface area contributed by atoms with Crippen LogP contribution in [0.3, 0.4) is 0 Å². The summed E-state index contributed by atoms with van der Waals surface area (Å²) < 4.78 is 0. The highest BCUT2D eigenvalue weighted by atomic mass is 15.2. The number of rotatable bonds is 7. The minimum atomic E-state index is 0.428. The molecule has 0 atom stereocenters. The van der Waals surface area contributed by atoms with Gasteiger partial charge in [-0.3, -0.25) is 0 Å². The second-order valence-electron chi connectivity index (χ2n) is 5.86. The Balaban J connectivity index is 2.24. The van der Waals surface area contributed by atoms with E-state index in [2.05, 4.69) is 48.0 Å². The lowest BCUT2D eigenvalue weighted by atomic mass is 10.0. The molecule has 0 amide bonds. The van der Waals surface area contributed by atoms with E-state index in [1.165, 1.54) is 18.4 Å². The molecule has 0 radical (unpaired) electrons. The quantitative estimate of drug-likeness (QED) is 0.819. The van der Waals surface area contributed by atoms with Gasteiger partial charge in [0.05, 0.1) is 0 Å². The first kappa shape index (κ1) is 14.1. The first-order valence-electron chi connectivity index (χ1n) is 7.43. The van der Waals surface area contributed by atoms with Crippen molar-refractivity contribution in [2.45, 2.75) is 46.0 Å². The molecule has 1 N–H and O–H groups in total. The van der Waals surface area contributed by atoms with Gasteiger partial charge in [-0.1, -0.05) is 20.8 Å². The van der Waals surface area contributed by atoms with Crippen molar-refractivity contribution in [3.63, 3.8) is 0 Å². The van der Waals surface area contributed by atoms with E-state index in [4.69, 9.17) is 0 Å². The SMILES string of the molecule is CCCNc1ncnc(N(C)CC2CC2)c1C(C)C. The van der Waals surface area contributed by atoms with Crippen LogP contribution in [0.15, 0.2) is 6.33 Å². The van der Waals surface area contributed by atoms with Gasteiger partial charge in [0.2, 0.25) is 0 Å². The molecule has 1 fully saturated rings. The fourth-order valence-electron chi connectivity index (χ4n) is 2.38.